The summed E-state index contributed by atoms with van der Waals surface area (Å²) in [5, 5.41) is 2.10. The van der Waals surface area contributed by atoms with E-state index in [0.717, 1.165) is 11.1 Å². The Morgan fingerprint density at radius 3 is 2.13 bits per heavy atom. The zero-order valence-corrected chi connectivity index (χ0v) is 17.6. The molecule has 0 saturated heterocycles. The van der Waals surface area contributed by atoms with E-state index in [1.165, 1.54) is 4.90 Å². The van der Waals surface area contributed by atoms with Gasteiger partial charge in [-0.15, -0.1) is 11.6 Å². The van der Waals surface area contributed by atoms with Crippen molar-refractivity contribution in [3.05, 3.63) is 71.8 Å². The Hall–Kier alpha value is -3.06. The van der Waals surface area contributed by atoms with Crippen LogP contribution >= 0.6 is 11.6 Å². The molecule has 7 nitrogen and oxygen atoms in total. The lowest BCUT2D eigenvalue weighted by Gasteiger charge is -2.43. The van der Waals surface area contributed by atoms with Gasteiger partial charge in [0.1, 0.15) is 13.2 Å². The quantitative estimate of drug-likeness (QED) is 0.734. The molecule has 2 amide bonds. The number of halogens is 1. The standard InChI is InChI=1S/C22H24ClN3O4/c1-22(2)18(23)13-24-19(25-20(27)29-14-16-9-5-3-6-10-16)26(22)21(28)30-15-17-11-7-4-8-12-17/h3-12,18H,13-15H2,1-2H3,(H,24,25,27). The van der Waals surface area contributed by atoms with Gasteiger partial charge in [-0.05, 0) is 25.0 Å². The third-order valence-electron chi connectivity index (χ3n) is 4.77. The number of alkyl halides is 1. The number of hydrogen-bond donors (Lipinski definition) is 1. The summed E-state index contributed by atoms with van der Waals surface area (Å²) in [5.74, 6) is 0.0491. The number of carbonyl (C=O) groups excluding carboxylic acids is 2. The van der Waals surface area contributed by atoms with E-state index >= 15 is 0 Å². The lowest BCUT2D eigenvalue weighted by atomic mass is 9.96. The molecule has 30 heavy (non-hydrogen) atoms. The van der Waals surface area contributed by atoms with E-state index in [9.17, 15) is 9.59 Å². The maximum Gasteiger partial charge on any atom is 0.417 e. The Kier molecular flexibility index (Phi) is 6.95. The zero-order chi connectivity index (χ0) is 21.6. The molecule has 3 rings (SSSR count). The largest absolute Gasteiger partial charge is 0.444 e. The number of nitrogens with one attached hydrogen (secondary N) is 1. The number of rotatable bonds is 4. The number of ether oxygens (including phenoxy) is 2. The highest BCUT2D eigenvalue weighted by Crippen LogP contribution is 2.28. The lowest BCUT2D eigenvalue weighted by Crippen LogP contribution is -2.63. The molecule has 2 aromatic rings. The summed E-state index contributed by atoms with van der Waals surface area (Å²) in [6, 6.07) is 18.6. The molecule has 1 unspecified atom stereocenters. The molecule has 0 fully saturated rings. The average molecular weight is 430 g/mol. The number of benzene rings is 2. The number of alkyl carbamates (subject to hydrolysis) is 1. The summed E-state index contributed by atoms with van der Waals surface area (Å²) in [6.45, 7) is 4.01. The maximum absolute atomic E-state index is 12.9. The van der Waals surface area contributed by atoms with Gasteiger partial charge in [-0.1, -0.05) is 60.7 Å². The maximum atomic E-state index is 12.9. The minimum atomic E-state index is -0.834. The summed E-state index contributed by atoms with van der Waals surface area (Å²) < 4.78 is 10.7. The summed E-state index contributed by atoms with van der Waals surface area (Å²) in [4.78, 5) is 30.7. The Labute approximate surface area is 180 Å². The van der Waals surface area contributed by atoms with Crippen LogP contribution in [0.3, 0.4) is 0 Å². The van der Waals surface area contributed by atoms with Gasteiger partial charge < -0.3 is 9.47 Å². The second-order valence-electron chi connectivity index (χ2n) is 7.35. The van der Waals surface area contributed by atoms with Crippen LogP contribution < -0.4 is 5.32 Å². The van der Waals surface area contributed by atoms with Crippen LogP contribution in [0.1, 0.15) is 25.0 Å². The Balaban J connectivity index is 1.67. The van der Waals surface area contributed by atoms with Crippen LogP contribution in [0.25, 0.3) is 0 Å². The van der Waals surface area contributed by atoms with E-state index < -0.39 is 23.1 Å². The van der Waals surface area contributed by atoms with Crippen molar-refractivity contribution in [2.45, 2.75) is 38.0 Å². The van der Waals surface area contributed by atoms with Crippen LogP contribution in [0.4, 0.5) is 9.59 Å². The number of nitrogens with zero attached hydrogens (tertiary/aromatic N) is 2. The predicted molar refractivity (Wildman–Crippen MR) is 114 cm³/mol. The number of aliphatic imine (C=N–C) groups is 1. The molecule has 0 saturated carbocycles. The second kappa shape index (κ2) is 9.63. The highest BCUT2D eigenvalue weighted by molar-refractivity contribution is 6.22. The van der Waals surface area contributed by atoms with Crippen LogP contribution in [0.15, 0.2) is 65.7 Å². The summed E-state index contributed by atoms with van der Waals surface area (Å²) in [6.07, 6.45) is -1.38. The Morgan fingerprint density at radius 1 is 1.03 bits per heavy atom. The SMILES string of the molecule is CC1(C)C(Cl)CN=C(NC(=O)OCc2ccccc2)N1C(=O)OCc1ccccc1. The summed E-state index contributed by atoms with van der Waals surface area (Å²) in [7, 11) is 0. The van der Waals surface area contributed by atoms with Crippen LogP contribution in [0.2, 0.25) is 0 Å². The van der Waals surface area contributed by atoms with Gasteiger partial charge in [0.15, 0.2) is 0 Å². The Morgan fingerprint density at radius 2 is 1.57 bits per heavy atom. The van der Waals surface area contributed by atoms with Crippen molar-refractivity contribution in [3.8, 4) is 0 Å². The molecule has 2 aromatic carbocycles. The molecule has 1 heterocycles. The number of guanidine groups is 1. The average Bonchev–Trinajstić information content (AvgIpc) is 2.75. The van der Waals surface area contributed by atoms with Crippen LogP contribution in [-0.4, -0.2) is 40.5 Å². The monoisotopic (exact) mass is 429 g/mol. The van der Waals surface area contributed by atoms with Gasteiger partial charge >= 0.3 is 12.2 Å². The fourth-order valence-corrected chi connectivity index (χ4v) is 3.09. The molecular formula is C22H24ClN3O4. The number of hydrogen-bond acceptors (Lipinski definition) is 5. The molecular weight excluding hydrogens is 406 g/mol. The molecule has 0 aromatic heterocycles. The molecule has 1 atom stereocenters. The van der Waals surface area contributed by atoms with Gasteiger partial charge in [-0.3, -0.25) is 10.3 Å². The highest BCUT2D eigenvalue weighted by Gasteiger charge is 2.45. The van der Waals surface area contributed by atoms with Crippen molar-refractivity contribution in [2.75, 3.05) is 6.54 Å². The lowest BCUT2D eigenvalue weighted by molar-refractivity contribution is 0.0834. The molecule has 158 valence electrons. The fraction of sp³-hybridized carbons (Fsp3) is 0.318. The van der Waals surface area contributed by atoms with Gasteiger partial charge in [0.25, 0.3) is 0 Å². The summed E-state index contributed by atoms with van der Waals surface area (Å²) >= 11 is 6.41. The van der Waals surface area contributed by atoms with Crippen molar-refractivity contribution in [1.29, 1.82) is 0 Å². The first kappa shape index (κ1) is 21.6. The minimum Gasteiger partial charge on any atom is -0.444 e. The summed E-state index contributed by atoms with van der Waals surface area (Å²) in [5.41, 5.74) is 0.856. The van der Waals surface area contributed by atoms with E-state index in [2.05, 4.69) is 10.3 Å². The molecule has 1 N–H and O–H groups in total. The van der Waals surface area contributed by atoms with Crippen LogP contribution in [0.5, 0.6) is 0 Å². The zero-order valence-electron chi connectivity index (χ0n) is 16.9. The van der Waals surface area contributed by atoms with Gasteiger partial charge in [0.05, 0.1) is 17.5 Å². The first-order valence-corrected chi connectivity index (χ1v) is 9.98. The molecule has 0 radical (unpaired) electrons. The van der Waals surface area contributed by atoms with E-state index in [1.807, 2.05) is 60.7 Å². The van der Waals surface area contributed by atoms with E-state index in [4.69, 9.17) is 21.1 Å². The van der Waals surface area contributed by atoms with Crippen molar-refractivity contribution >= 4 is 29.7 Å². The second-order valence-corrected chi connectivity index (χ2v) is 7.87. The molecule has 8 heteroatoms. The first-order valence-electron chi connectivity index (χ1n) is 9.55. The smallest absolute Gasteiger partial charge is 0.417 e. The highest BCUT2D eigenvalue weighted by atomic mass is 35.5. The van der Waals surface area contributed by atoms with Gasteiger partial charge in [0.2, 0.25) is 5.96 Å². The third kappa shape index (κ3) is 5.30. The third-order valence-corrected chi connectivity index (χ3v) is 5.44. The molecule has 1 aliphatic rings. The molecule has 0 spiro atoms. The topological polar surface area (TPSA) is 80.2 Å². The number of amides is 2. The minimum absolute atomic E-state index is 0.0491. The van der Waals surface area contributed by atoms with E-state index in [1.54, 1.807) is 13.8 Å². The van der Waals surface area contributed by atoms with E-state index in [-0.39, 0.29) is 25.7 Å². The molecule has 0 bridgehead atoms. The first-order chi connectivity index (χ1) is 14.4. The number of carbonyl (C=O) groups is 2. The van der Waals surface area contributed by atoms with Crippen molar-refractivity contribution in [3.63, 3.8) is 0 Å². The van der Waals surface area contributed by atoms with Crippen LogP contribution in [-0.2, 0) is 22.7 Å². The van der Waals surface area contributed by atoms with Crippen molar-refractivity contribution in [1.82, 2.24) is 10.2 Å². The van der Waals surface area contributed by atoms with Gasteiger partial charge in [-0.25, -0.2) is 14.5 Å². The van der Waals surface area contributed by atoms with Crippen molar-refractivity contribution in [2.24, 2.45) is 4.99 Å². The van der Waals surface area contributed by atoms with Gasteiger partial charge in [-0.2, -0.15) is 0 Å². The van der Waals surface area contributed by atoms with Gasteiger partial charge in [0, 0.05) is 0 Å². The predicted octanol–water partition coefficient (Wildman–Crippen LogP) is 4.31. The van der Waals surface area contributed by atoms with Crippen LogP contribution in [0, 0.1) is 0 Å². The fourth-order valence-electron chi connectivity index (χ4n) is 2.93. The molecule has 1 aliphatic heterocycles. The normalized spacial score (nSPS) is 17.6. The Bertz CT molecular complexity index is 903. The van der Waals surface area contributed by atoms with Crippen molar-refractivity contribution < 1.29 is 19.1 Å². The molecule has 0 aliphatic carbocycles. The van der Waals surface area contributed by atoms with E-state index in [0.29, 0.717) is 0 Å².